The zero-order valence-electron chi connectivity index (χ0n) is 7.71. The first-order valence-electron chi connectivity index (χ1n) is 4.95. The van der Waals surface area contributed by atoms with Gasteiger partial charge >= 0.3 is 0 Å². The predicted molar refractivity (Wildman–Crippen MR) is 48.3 cm³/mol. The molecule has 74 valence electrons. The van der Waals surface area contributed by atoms with Gasteiger partial charge in [0, 0.05) is 19.7 Å². The molecule has 2 heterocycles. The summed E-state index contributed by atoms with van der Waals surface area (Å²) in [5.74, 6) is 0.264. The molecule has 0 aromatic heterocycles. The third kappa shape index (κ3) is 2.19. The maximum atomic E-state index is 11.6. The minimum absolute atomic E-state index is 0.0920. The van der Waals surface area contributed by atoms with Crippen LogP contribution in [-0.4, -0.2) is 38.3 Å². The van der Waals surface area contributed by atoms with Crippen LogP contribution in [0.25, 0.3) is 0 Å². The highest BCUT2D eigenvalue weighted by Crippen LogP contribution is 2.13. The van der Waals surface area contributed by atoms with Gasteiger partial charge in [0.1, 0.15) is 0 Å². The predicted octanol–water partition coefficient (Wildman–Crippen LogP) is -0.499. The summed E-state index contributed by atoms with van der Waals surface area (Å²) >= 11 is 0. The number of carbonyl (C=O) groups is 1. The van der Waals surface area contributed by atoms with Gasteiger partial charge < -0.3 is 15.4 Å². The summed E-state index contributed by atoms with van der Waals surface area (Å²) in [5.41, 5.74) is 0. The zero-order chi connectivity index (χ0) is 9.10. The van der Waals surface area contributed by atoms with Crippen molar-refractivity contribution in [2.75, 3.05) is 26.3 Å². The van der Waals surface area contributed by atoms with Crippen molar-refractivity contribution in [2.45, 2.75) is 18.9 Å². The number of hydrogen-bond donors (Lipinski definition) is 2. The third-order valence-corrected chi connectivity index (χ3v) is 2.66. The molecule has 2 fully saturated rings. The second-order valence-electron chi connectivity index (χ2n) is 3.78. The van der Waals surface area contributed by atoms with Gasteiger partial charge in [0.2, 0.25) is 5.91 Å². The maximum Gasteiger partial charge on any atom is 0.225 e. The highest BCUT2D eigenvalue weighted by molar-refractivity contribution is 5.79. The minimum atomic E-state index is 0.0920. The number of hydrogen-bond acceptors (Lipinski definition) is 3. The molecule has 13 heavy (non-hydrogen) atoms. The summed E-state index contributed by atoms with van der Waals surface area (Å²) in [4.78, 5) is 11.6. The molecule has 2 aliphatic rings. The molecule has 0 radical (unpaired) electrons. The fourth-order valence-electron chi connectivity index (χ4n) is 1.66. The van der Waals surface area contributed by atoms with E-state index in [4.69, 9.17) is 4.74 Å². The summed E-state index contributed by atoms with van der Waals surface area (Å²) in [6, 6.07) is 0.356. The molecule has 0 spiro atoms. The van der Waals surface area contributed by atoms with E-state index >= 15 is 0 Å². The van der Waals surface area contributed by atoms with Gasteiger partial charge in [-0.1, -0.05) is 0 Å². The molecular weight excluding hydrogens is 168 g/mol. The van der Waals surface area contributed by atoms with Crippen molar-refractivity contribution in [1.82, 2.24) is 10.6 Å². The van der Waals surface area contributed by atoms with Crippen molar-refractivity contribution >= 4 is 5.91 Å². The standard InChI is InChI=1S/C9H16N2O2/c12-9(11-8-4-10-5-8)7-2-1-3-13-6-7/h7-8,10H,1-6H2,(H,11,12). The summed E-state index contributed by atoms with van der Waals surface area (Å²) < 4.78 is 5.26. The fraction of sp³-hybridized carbons (Fsp3) is 0.889. The Kier molecular flexibility index (Phi) is 2.80. The number of rotatable bonds is 2. The van der Waals surface area contributed by atoms with Gasteiger partial charge in [-0.3, -0.25) is 4.79 Å². The Morgan fingerprint density at radius 3 is 2.85 bits per heavy atom. The first-order valence-corrected chi connectivity index (χ1v) is 4.95. The van der Waals surface area contributed by atoms with Crippen LogP contribution in [0.5, 0.6) is 0 Å². The van der Waals surface area contributed by atoms with Crippen LogP contribution in [0.3, 0.4) is 0 Å². The molecule has 0 aromatic carbocycles. The van der Waals surface area contributed by atoms with Gasteiger partial charge in [0.25, 0.3) is 0 Å². The van der Waals surface area contributed by atoms with Gasteiger partial charge in [-0.25, -0.2) is 0 Å². The summed E-state index contributed by atoms with van der Waals surface area (Å²) in [6.45, 7) is 3.25. The highest BCUT2D eigenvalue weighted by Gasteiger charge is 2.25. The van der Waals surface area contributed by atoms with E-state index in [-0.39, 0.29) is 11.8 Å². The molecule has 2 N–H and O–H groups in total. The molecule has 0 saturated carbocycles. The van der Waals surface area contributed by atoms with Crippen LogP contribution in [0, 0.1) is 5.92 Å². The third-order valence-electron chi connectivity index (χ3n) is 2.66. The van der Waals surface area contributed by atoms with Gasteiger partial charge in [-0.05, 0) is 12.8 Å². The quantitative estimate of drug-likeness (QED) is 0.608. The molecule has 4 nitrogen and oxygen atoms in total. The van der Waals surface area contributed by atoms with Crippen molar-refractivity contribution in [3.63, 3.8) is 0 Å². The number of amides is 1. The monoisotopic (exact) mass is 184 g/mol. The summed E-state index contributed by atoms with van der Waals surface area (Å²) in [6.07, 6.45) is 1.99. The molecule has 1 unspecified atom stereocenters. The van der Waals surface area contributed by atoms with Crippen LogP contribution in [0.2, 0.25) is 0 Å². The Morgan fingerprint density at radius 2 is 2.31 bits per heavy atom. The van der Waals surface area contributed by atoms with Crippen LogP contribution in [0.1, 0.15) is 12.8 Å². The van der Waals surface area contributed by atoms with Crippen LogP contribution in [0.15, 0.2) is 0 Å². The van der Waals surface area contributed by atoms with E-state index in [1.54, 1.807) is 0 Å². The smallest absolute Gasteiger partial charge is 0.225 e. The number of nitrogens with one attached hydrogen (secondary N) is 2. The molecule has 2 saturated heterocycles. The van der Waals surface area contributed by atoms with E-state index < -0.39 is 0 Å². The van der Waals surface area contributed by atoms with Crippen molar-refractivity contribution in [1.29, 1.82) is 0 Å². The van der Waals surface area contributed by atoms with Crippen molar-refractivity contribution < 1.29 is 9.53 Å². The highest BCUT2D eigenvalue weighted by atomic mass is 16.5. The Bertz CT molecular complexity index is 186. The SMILES string of the molecule is O=C(NC1CNC1)C1CCCOC1. The summed E-state index contributed by atoms with van der Waals surface area (Å²) in [5, 5.41) is 6.13. The zero-order valence-corrected chi connectivity index (χ0v) is 7.71. The van der Waals surface area contributed by atoms with Crippen molar-refractivity contribution in [2.24, 2.45) is 5.92 Å². The molecule has 1 amide bonds. The van der Waals surface area contributed by atoms with Gasteiger partial charge in [0.15, 0.2) is 0 Å². The number of ether oxygens (including phenoxy) is 1. The van der Waals surface area contributed by atoms with E-state index in [2.05, 4.69) is 10.6 Å². The lowest BCUT2D eigenvalue weighted by Gasteiger charge is -2.30. The molecule has 2 aliphatic heterocycles. The topological polar surface area (TPSA) is 50.4 Å². The van der Waals surface area contributed by atoms with Crippen LogP contribution in [-0.2, 0) is 9.53 Å². The Labute approximate surface area is 78.0 Å². The second-order valence-corrected chi connectivity index (χ2v) is 3.78. The molecule has 0 bridgehead atoms. The minimum Gasteiger partial charge on any atom is -0.381 e. The average Bonchev–Trinajstić information content (AvgIpc) is 2.12. The lowest BCUT2D eigenvalue weighted by molar-refractivity contribution is -0.130. The fourth-order valence-corrected chi connectivity index (χ4v) is 1.66. The lowest BCUT2D eigenvalue weighted by Crippen LogP contribution is -2.58. The Hall–Kier alpha value is -0.610. The van der Waals surface area contributed by atoms with Crippen molar-refractivity contribution in [3.05, 3.63) is 0 Å². The first kappa shape index (κ1) is 8.97. The molecule has 1 atom stereocenters. The van der Waals surface area contributed by atoms with Crippen LogP contribution >= 0.6 is 0 Å². The average molecular weight is 184 g/mol. The normalized spacial score (nSPS) is 29.4. The lowest BCUT2D eigenvalue weighted by atomic mass is 10.0. The van der Waals surface area contributed by atoms with Gasteiger partial charge in [-0.2, -0.15) is 0 Å². The van der Waals surface area contributed by atoms with E-state index in [1.807, 2.05) is 0 Å². The van der Waals surface area contributed by atoms with E-state index in [1.165, 1.54) is 0 Å². The van der Waals surface area contributed by atoms with Crippen LogP contribution < -0.4 is 10.6 Å². The number of carbonyl (C=O) groups excluding carboxylic acids is 1. The molecule has 4 heteroatoms. The van der Waals surface area contributed by atoms with Gasteiger partial charge in [0.05, 0.1) is 18.6 Å². The molecule has 2 rings (SSSR count). The van der Waals surface area contributed by atoms with Crippen LogP contribution in [0.4, 0.5) is 0 Å². The van der Waals surface area contributed by atoms with Crippen molar-refractivity contribution in [3.8, 4) is 0 Å². The summed E-state index contributed by atoms with van der Waals surface area (Å²) in [7, 11) is 0. The Balaban J connectivity index is 1.74. The molecule has 0 aromatic rings. The Morgan fingerprint density at radius 1 is 1.46 bits per heavy atom. The largest absolute Gasteiger partial charge is 0.381 e. The van der Waals surface area contributed by atoms with Gasteiger partial charge in [-0.15, -0.1) is 0 Å². The first-order chi connectivity index (χ1) is 6.36. The second kappa shape index (κ2) is 4.07. The van der Waals surface area contributed by atoms with E-state index in [0.29, 0.717) is 12.6 Å². The van der Waals surface area contributed by atoms with E-state index in [9.17, 15) is 4.79 Å². The van der Waals surface area contributed by atoms with E-state index in [0.717, 1.165) is 32.5 Å². The molecule has 0 aliphatic carbocycles. The molecular formula is C9H16N2O2. The maximum absolute atomic E-state index is 11.6.